The third kappa shape index (κ3) is 5.00. The Morgan fingerprint density at radius 2 is 2.00 bits per heavy atom. The van der Waals surface area contributed by atoms with Gasteiger partial charge in [-0.3, -0.25) is 0 Å². The lowest BCUT2D eigenvalue weighted by atomic mass is 10.1. The van der Waals surface area contributed by atoms with Crippen molar-refractivity contribution in [2.45, 2.75) is 26.7 Å². The highest BCUT2D eigenvalue weighted by Crippen LogP contribution is 2.16. The van der Waals surface area contributed by atoms with Crippen molar-refractivity contribution in [2.75, 3.05) is 50.2 Å². The SMILES string of the molecule is CNc1nc(OCCCC(C)C)nc(N2CCOCC2)n1. The fourth-order valence-electron chi connectivity index (χ4n) is 2.08. The van der Waals surface area contributed by atoms with Crippen LogP contribution in [0.4, 0.5) is 11.9 Å². The predicted molar refractivity (Wildman–Crippen MR) is 82.0 cm³/mol. The fourth-order valence-corrected chi connectivity index (χ4v) is 2.08. The van der Waals surface area contributed by atoms with Gasteiger partial charge in [0.2, 0.25) is 11.9 Å². The maximum absolute atomic E-state index is 5.67. The summed E-state index contributed by atoms with van der Waals surface area (Å²) in [5.74, 6) is 1.87. The molecule has 1 aromatic rings. The van der Waals surface area contributed by atoms with E-state index in [9.17, 15) is 0 Å². The molecule has 1 N–H and O–H groups in total. The highest BCUT2D eigenvalue weighted by Gasteiger charge is 2.16. The van der Waals surface area contributed by atoms with E-state index in [0.717, 1.165) is 25.9 Å². The summed E-state index contributed by atoms with van der Waals surface area (Å²) < 4.78 is 11.0. The molecular formula is C14H25N5O2. The second-order valence-electron chi connectivity index (χ2n) is 5.48. The first kappa shape index (κ1) is 15.8. The number of hydrogen-bond donors (Lipinski definition) is 1. The topological polar surface area (TPSA) is 72.4 Å². The quantitative estimate of drug-likeness (QED) is 0.765. The van der Waals surface area contributed by atoms with E-state index in [1.54, 1.807) is 7.05 Å². The molecule has 0 spiro atoms. The molecular weight excluding hydrogens is 270 g/mol. The minimum atomic E-state index is 0.389. The van der Waals surface area contributed by atoms with Crippen molar-refractivity contribution < 1.29 is 9.47 Å². The van der Waals surface area contributed by atoms with Gasteiger partial charge in [-0.15, -0.1) is 0 Å². The molecule has 7 nitrogen and oxygen atoms in total. The van der Waals surface area contributed by atoms with Gasteiger partial charge in [0.25, 0.3) is 0 Å². The molecule has 0 unspecified atom stereocenters. The molecule has 0 saturated carbocycles. The minimum Gasteiger partial charge on any atom is -0.463 e. The summed E-state index contributed by atoms with van der Waals surface area (Å²) in [7, 11) is 1.79. The average Bonchev–Trinajstić information content (AvgIpc) is 2.52. The van der Waals surface area contributed by atoms with E-state index in [4.69, 9.17) is 9.47 Å². The Morgan fingerprint density at radius 1 is 1.24 bits per heavy atom. The van der Waals surface area contributed by atoms with E-state index in [0.29, 0.717) is 43.6 Å². The average molecular weight is 295 g/mol. The summed E-state index contributed by atoms with van der Waals surface area (Å²) in [4.78, 5) is 15.1. The highest BCUT2D eigenvalue weighted by molar-refractivity contribution is 5.38. The van der Waals surface area contributed by atoms with Crippen LogP contribution in [0.5, 0.6) is 6.01 Å². The monoisotopic (exact) mass is 295 g/mol. The second kappa shape index (κ2) is 7.97. The van der Waals surface area contributed by atoms with Crippen LogP contribution in [-0.4, -0.2) is 54.9 Å². The van der Waals surface area contributed by atoms with E-state index >= 15 is 0 Å². The number of ether oxygens (including phenoxy) is 2. The van der Waals surface area contributed by atoms with Crippen LogP contribution < -0.4 is 15.0 Å². The number of morpholine rings is 1. The molecule has 1 saturated heterocycles. The van der Waals surface area contributed by atoms with E-state index in [-0.39, 0.29) is 0 Å². The van der Waals surface area contributed by atoms with Gasteiger partial charge in [0.1, 0.15) is 0 Å². The van der Waals surface area contributed by atoms with Crippen molar-refractivity contribution in [2.24, 2.45) is 5.92 Å². The van der Waals surface area contributed by atoms with Gasteiger partial charge in [-0.2, -0.15) is 15.0 Å². The molecule has 1 aromatic heterocycles. The van der Waals surface area contributed by atoms with Gasteiger partial charge in [-0.1, -0.05) is 13.8 Å². The number of hydrogen-bond acceptors (Lipinski definition) is 7. The van der Waals surface area contributed by atoms with E-state index < -0.39 is 0 Å². The maximum Gasteiger partial charge on any atom is 0.323 e. The van der Waals surface area contributed by atoms with Crippen LogP contribution >= 0.6 is 0 Å². The number of nitrogens with one attached hydrogen (secondary N) is 1. The van der Waals surface area contributed by atoms with Crippen molar-refractivity contribution >= 4 is 11.9 Å². The molecule has 7 heteroatoms. The lowest BCUT2D eigenvalue weighted by Gasteiger charge is -2.26. The molecule has 21 heavy (non-hydrogen) atoms. The van der Waals surface area contributed by atoms with Crippen molar-refractivity contribution in [3.8, 4) is 6.01 Å². The summed E-state index contributed by atoms with van der Waals surface area (Å²) in [6, 6.07) is 0.389. The Kier molecular flexibility index (Phi) is 5.98. The van der Waals surface area contributed by atoms with Gasteiger partial charge in [-0.25, -0.2) is 0 Å². The smallest absolute Gasteiger partial charge is 0.323 e. The summed E-state index contributed by atoms with van der Waals surface area (Å²) in [5, 5.41) is 2.96. The molecule has 1 fully saturated rings. The minimum absolute atomic E-state index is 0.389. The maximum atomic E-state index is 5.67. The molecule has 0 aromatic carbocycles. The van der Waals surface area contributed by atoms with Gasteiger partial charge in [0, 0.05) is 20.1 Å². The summed E-state index contributed by atoms with van der Waals surface area (Å²) in [6.07, 6.45) is 2.14. The zero-order valence-electron chi connectivity index (χ0n) is 13.1. The van der Waals surface area contributed by atoms with Crippen LogP contribution in [0, 0.1) is 5.92 Å². The second-order valence-corrected chi connectivity index (χ2v) is 5.48. The molecule has 0 atom stereocenters. The van der Waals surface area contributed by atoms with Crippen molar-refractivity contribution in [1.29, 1.82) is 0 Å². The van der Waals surface area contributed by atoms with Gasteiger partial charge < -0.3 is 19.7 Å². The van der Waals surface area contributed by atoms with Crippen LogP contribution in [0.3, 0.4) is 0 Å². The van der Waals surface area contributed by atoms with Crippen LogP contribution in [0.1, 0.15) is 26.7 Å². The fraction of sp³-hybridized carbons (Fsp3) is 0.786. The van der Waals surface area contributed by atoms with Gasteiger partial charge in [0.05, 0.1) is 19.8 Å². The number of anilines is 2. The summed E-state index contributed by atoms with van der Waals surface area (Å²) in [6.45, 7) is 8.03. The molecule has 118 valence electrons. The first-order chi connectivity index (χ1) is 10.2. The third-order valence-electron chi connectivity index (χ3n) is 3.28. The molecule has 0 bridgehead atoms. The van der Waals surface area contributed by atoms with E-state index in [1.165, 1.54) is 0 Å². The lowest BCUT2D eigenvalue weighted by Crippen LogP contribution is -2.37. The Balaban J connectivity index is 1.99. The standard InChI is InChI=1S/C14H25N5O2/c1-11(2)5-4-8-21-14-17-12(15-3)16-13(18-14)19-6-9-20-10-7-19/h11H,4-10H2,1-3H3,(H,15,16,17,18). The molecule has 2 heterocycles. The molecule has 0 aliphatic carbocycles. The molecule has 1 aliphatic rings. The summed E-state index contributed by atoms with van der Waals surface area (Å²) in [5.41, 5.74) is 0. The van der Waals surface area contributed by atoms with Crippen LogP contribution in [-0.2, 0) is 4.74 Å². The third-order valence-corrected chi connectivity index (χ3v) is 3.28. The summed E-state index contributed by atoms with van der Waals surface area (Å²) >= 11 is 0. The Morgan fingerprint density at radius 3 is 2.67 bits per heavy atom. The van der Waals surface area contributed by atoms with Crippen molar-refractivity contribution in [3.63, 3.8) is 0 Å². The van der Waals surface area contributed by atoms with Gasteiger partial charge in [0.15, 0.2) is 0 Å². The molecule has 1 aliphatic heterocycles. The first-order valence-corrected chi connectivity index (χ1v) is 7.58. The predicted octanol–water partition coefficient (Wildman–Crippen LogP) is 1.56. The van der Waals surface area contributed by atoms with Gasteiger partial charge >= 0.3 is 6.01 Å². The lowest BCUT2D eigenvalue weighted by molar-refractivity contribution is 0.122. The zero-order valence-corrected chi connectivity index (χ0v) is 13.1. The molecule has 0 amide bonds. The number of rotatable bonds is 7. The largest absolute Gasteiger partial charge is 0.463 e. The van der Waals surface area contributed by atoms with E-state index in [1.807, 2.05) is 0 Å². The molecule has 0 radical (unpaired) electrons. The highest BCUT2D eigenvalue weighted by atomic mass is 16.5. The molecule has 2 rings (SSSR count). The van der Waals surface area contributed by atoms with Crippen molar-refractivity contribution in [3.05, 3.63) is 0 Å². The van der Waals surface area contributed by atoms with Crippen molar-refractivity contribution in [1.82, 2.24) is 15.0 Å². The normalized spacial score (nSPS) is 15.3. The van der Waals surface area contributed by atoms with Gasteiger partial charge in [-0.05, 0) is 18.8 Å². The Bertz CT molecular complexity index is 435. The van der Waals surface area contributed by atoms with Crippen LogP contribution in [0.25, 0.3) is 0 Å². The zero-order chi connectivity index (χ0) is 15.1. The Hall–Kier alpha value is -1.63. The van der Waals surface area contributed by atoms with Crippen LogP contribution in [0.15, 0.2) is 0 Å². The van der Waals surface area contributed by atoms with Crippen LogP contribution in [0.2, 0.25) is 0 Å². The number of aromatic nitrogens is 3. The van der Waals surface area contributed by atoms with E-state index in [2.05, 4.69) is 39.0 Å². The number of nitrogens with zero attached hydrogens (tertiary/aromatic N) is 4. The Labute approximate surface area is 126 Å². The first-order valence-electron chi connectivity index (χ1n) is 7.58.